The van der Waals surface area contributed by atoms with Crippen molar-refractivity contribution in [1.82, 2.24) is 10.1 Å². The molecule has 0 saturated carbocycles. The Morgan fingerprint density at radius 2 is 2.33 bits per heavy atom. The van der Waals surface area contributed by atoms with Crippen molar-refractivity contribution in [3.63, 3.8) is 0 Å². The van der Waals surface area contributed by atoms with Crippen molar-refractivity contribution < 1.29 is 8.91 Å². The van der Waals surface area contributed by atoms with Crippen LogP contribution in [0.15, 0.2) is 33.7 Å². The summed E-state index contributed by atoms with van der Waals surface area (Å²) in [6.07, 6.45) is 0.567. The van der Waals surface area contributed by atoms with Crippen molar-refractivity contribution in [2.24, 2.45) is 5.73 Å². The van der Waals surface area contributed by atoms with Gasteiger partial charge < -0.3 is 10.3 Å². The number of thioether (sulfide) groups is 1. The van der Waals surface area contributed by atoms with Crippen LogP contribution in [0.3, 0.4) is 0 Å². The van der Waals surface area contributed by atoms with Crippen molar-refractivity contribution in [2.75, 3.05) is 0 Å². The molecule has 0 aliphatic rings. The average molecular weight is 267 g/mol. The number of benzene rings is 1. The van der Waals surface area contributed by atoms with E-state index >= 15 is 0 Å². The molecule has 6 heteroatoms. The fourth-order valence-electron chi connectivity index (χ4n) is 1.41. The van der Waals surface area contributed by atoms with E-state index in [1.54, 1.807) is 6.07 Å². The Labute approximate surface area is 109 Å². The van der Waals surface area contributed by atoms with Gasteiger partial charge in [0, 0.05) is 17.4 Å². The lowest BCUT2D eigenvalue weighted by atomic mass is 10.2. The number of nitrogens with two attached hydrogens (primary N) is 1. The fourth-order valence-corrected chi connectivity index (χ4v) is 2.20. The zero-order chi connectivity index (χ0) is 13.0. The van der Waals surface area contributed by atoms with Crippen LogP contribution in [-0.4, -0.2) is 16.2 Å². The maximum Gasteiger partial charge on any atom is 0.228 e. The molecule has 0 spiro atoms. The first-order valence-corrected chi connectivity index (χ1v) is 6.57. The van der Waals surface area contributed by atoms with Crippen molar-refractivity contribution in [3.05, 3.63) is 41.8 Å². The Morgan fingerprint density at radius 3 is 3.06 bits per heavy atom. The molecule has 18 heavy (non-hydrogen) atoms. The summed E-state index contributed by atoms with van der Waals surface area (Å²) in [5, 5.41) is 3.85. The van der Waals surface area contributed by atoms with Gasteiger partial charge in [-0.25, -0.2) is 4.39 Å². The Hall–Kier alpha value is -1.40. The molecule has 0 saturated heterocycles. The molecule has 1 atom stereocenters. The van der Waals surface area contributed by atoms with E-state index in [1.807, 2.05) is 13.0 Å². The Morgan fingerprint density at radius 1 is 1.50 bits per heavy atom. The van der Waals surface area contributed by atoms with Crippen LogP contribution in [0.25, 0.3) is 0 Å². The minimum atomic E-state index is -0.245. The van der Waals surface area contributed by atoms with Crippen molar-refractivity contribution in [2.45, 2.75) is 30.0 Å². The van der Waals surface area contributed by atoms with Gasteiger partial charge in [-0.3, -0.25) is 0 Å². The highest BCUT2D eigenvalue weighted by atomic mass is 32.2. The van der Waals surface area contributed by atoms with Crippen LogP contribution in [0, 0.1) is 5.82 Å². The van der Waals surface area contributed by atoms with Gasteiger partial charge in [-0.05, 0) is 25.1 Å². The van der Waals surface area contributed by atoms with Gasteiger partial charge in [0.1, 0.15) is 5.82 Å². The molecule has 0 radical (unpaired) electrons. The number of rotatable bonds is 5. The van der Waals surface area contributed by atoms with Gasteiger partial charge in [-0.15, -0.1) is 11.8 Å². The maximum atomic E-state index is 13.0. The first-order chi connectivity index (χ1) is 8.63. The molecule has 4 nitrogen and oxygen atoms in total. The molecule has 96 valence electrons. The molecule has 0 bridgehead atoms. The number of hydrogen-bond acceptors (Lipinski definition) is 5. The zero-order valence-electron chi connectivity index (χ0n) is 9.97. The number of hydrogen-bond donors (Lipinski definition) is 1. The van der Waals surface area contributed by atoms with Crippen LogP contribution in [-0.2, 0) is 12.2 Å². The lowest BCUT2D eigenvalue weighted by Gasteiger charge is -1.98. The summed E-state index contributed by atoms with van der Waals surface area (Å²) >= 11 is 1.46. The van der Waals surface area contributed by atoms with Gasteiger partial charge in [0.05, 0.1) is 5.75 Å². The summed E-state index contributed by atoms with van der Waals surface area (Å²) in [7, 11) is 0. The van der Waals surface area contributed by atoms with Crippen LogP contribution in [0.4, 0.5) is 4.39 Å². The molecule has 0 aliphatic heterocycles. The Bertz CT molecular complexity index is 516. The van der Waals surface area contributed by atoms with E-state index in [0.29, 0.717) is 23.9 Å². The smallest absolute Gasteiger partial charge is 0.228 e. The molecule has 0 aliphatic carbocycles. The van der Waals surface area contributed by atoms with Crippen molar-refractivity contribution in [1.29, 1.82) is 0 Å². The number of nitrogens with zero attached hydrogens (tertiary/aromatic N) is 2. The lowest BCUT2D eigenvalue weighted by molar-refractivity contribution is 0.368. The summed E-state index contributed by atoms with van der Waals surface area (Å²) in [4.78, 5) is 5.06. The average Bonchev–Trinajstić information content (AvgIpc) is 2.73. The van der Waals surface area contributed by atoms with E-state index < -0.39 is 0 Å². The highest BCUT2D eigenvalue weighted by Gasteiger charge is 2.08. The third-order valence-electron chi connectivity index (χ3n) is 2.17. The van der Waals surface area contributed by atoms with Crippen molar-refractivity contribution in [3.8, 4) is 0 Å². The molecular formula is C12H14FN3OS. The minimum Gasteiger partial charge on any atom is -0.339 e. The maximum absolute atomic E-state index is 13.0. The van der Waals surface area contributed by atoms with Gasteiger partial charge in [-0.2, -0.15) is 4.98 Å². The first kappa shape index (κ1) is 13.0. The summed E-state index contributed by atoms with van der Waals surface area (Å²) < 4.78 is 18.0. The van der Waals surface area contributed by atoms with Gasteiger partial charge >= 0.3 is 0 Å². The summed E-state index contributed by atoms with van der Waals surface area (Å²) in [6.45, 7) is 1.88. The summed E-state index contributed by atoms with van der Waals surface area (Å²) in [5.74, 6) is 1.44. The molecule has 1 aromatic heterocycles. The largest absolute Gasteiger partial charge is 0.339 e. The second-order valence-electron chi connectivity index (χ2n) is 4.03. The third-order valence-corrected chi connectivity index (χ3v) is 3.16. The second-order valence-corrected chi connectivity index (χ2v) is 5.08. The van der Waals surface area contributed by atoms with Gasteiger partial charge in [0.25, 0.3) is 0 Å². The normalized spacial score (nSPS) is 12.6. The molecule has 2 rings (SSSR count). The van der Waals surface area contributed by atoms with Crippen LogP contribution >= 0.6 is 11.8 Å². The standard InChI is InChI=1S/C12H14FN3OS/c1-8(14)5-12-15-11(16-17-12)7-18-10-4-2-3-9(13)6-10/h2-4,6,8H,5,7,14H2,1H3. The molecule has 2 N–H and O–H groups in total. The molecule has 0 fully saturated rings. The van der Waals surface area contributed by atoms with Crippen LogP contribution < -0.4 is 5.73 Å². The molecule has 2 aromatic rings. The lowest BCUT2D eigenvalue weighted by Crippen LogP contribution is -2.17. The third kappa shape index (κ3) is 3.82. The second kappa shape index (κ2) is 5.97. The predicted molar refractivity (Wildman–Crippen MR) is 67.6 cm³/mol. The Kier molecular flexibility index (Phi) is 4.33. The Balaban J connectivity index is 1.92. The molecule has 1 aromatic carbocycles. The van der Waals surface area contributed by atoms with E-state index in [4.69, 9.17) is 10.3 Å². The van der Waals surface area contributed by atoms with E-state index in [-0.39, 0.29) is 11.9 Å². The van der Waals surface area contributed by atoms with E-state index in [0.717, 1.165) is 4.90 Å². The predicted octanol–water partition coefficient (Wildman–Crippen LogP) is 2.39. The van der Waals surface area contributed by atoms with E-state index in [1.165, 1.54) is 23.9 Å². The summed E-state index contributed by atoms with van der Waals surface area (Å²) in [6, 6.07) is 6.41. The molecule has 1 heterocycles. The highest BCUT2D eigenvalue weighted by molar-refractivity contribution is 7.98. The number of aromatic nitrogens is 2. The quantitative estimate of drug-likeness (QED) is 0.843. The molecule has 0 amide bonds. The molecular weight excluding hydrogens is 253 g/mol. The van der Waals surface area contributed by atoms with E-state index in [9.17, 15) is 4.39 Å². The van der Waals surface area contributed by atoms with Crippen LogP contribution in [0.5, 0.6) is 0 Å². The zero-order valence-corrected chi connectivity index (χ0v) is 10.8. The van der Waals surface area contributed by atoms with Gasteiger partial charge in [-0.1, -0.05) is 11.2 Å². The number of halogens is 1. The SMILES string of the molecule is CC(N)Cc1nc(CSc2cccc(F)c2)no1. The van der Waals surface area contributed by atoms with Gasteiger partial charge in [0.15, 0.2) is 5.82 Å². The fraction of sp³-hybridized carbons (Fsp3) is 0.333. The van der Waals surface area contributed by atoms with Crippen molar-refractivity contribution >= 4 is 11.8 Å². The minimum absolute atomic E-state index is 0.00540. The summed E-state index contributed by atoms with van der Waals surface area (Å²) in [5.41, 5.74) is 5.64. The topological polar surface area (TPSA) is 64.9 Å². The monoisotopic (exact) mass is 267 g/mol. The van der Waals surface area contributed by atoms with Gasteiger partial charge in [0.2, 0.25) is 5.89 Å². The first-order valence-electron chi connectivity index (χ1n) is 5.59. The van der Waals surface area contributed by atoms with Crippen LogP contribution in [0.2, 0.25) is 0 Å². The van der Waals surface area contributed by atoms with Crippen LogP contribution in [0.1, 0.15) is 18.6 Å². The highest BCUT2D eigenvalue weighted by Crippen LogP contribution is 2.22. The molecule has 1 unspecified atom stereocenters. The van der Waals surface area contributed by atoms with E-state index in [2.05, 4.69) is 10.1 Å².